The topological polar surface area (TPSA) is 49.4 Å². The van der Waals surface area contributed by atoms with Crippen molar-refractivity contribution in [2.75, 3.05) is 14.1 Å². The van der Waals surface area contributed by atoms with E-state index in [0.717, 1.165) is 24.1 Å². The lowest BCUT2D eigenvalue weighted by Crippen LogP contribution is -2.44. The molecule has 0 aromatic heterocycles. The van der Waals surface area contributed by atoms with Crippen molar-refractivity contribution in [2.24, 2.45) is 0 Å². The van der Waals surface area contributed by atoms with Gasteiger partial charge >= 0.3 is 0 Å². The fourth-order valence-electron chi connectivity index (χ4n) is 1.86. The van der Waals surface area contributed by atoms with Crippen LogP contribution in [0, 0.1) is 0 Å². The quantitative estimate of drug-likeness (QED) is 0.840. The molecule has 0 spiro atoms. The number of nitrogens with one attached hydrogen (secondary N) is 1. The standard InChI is InChI=1S/C15H26N2O2S/c1-6-15(2,3)17(5)20(18,19)12-14-9-7-13(8-10-14)11-16-4/h7-10,16H,6,11-12H2,1-5H3. The van der Waals surface area contributed by atoms with E-state index in [-0.39, 0.29) is 11.3 Å². The Morgan fingerprint density at radius 1 is 1.15 bits per heavy atom. The van der Waals surface area contributed by atoms with E-state index in [1.165, 1.54) is 4.31 Å². The average Bonchev–Trinajstić information content (AvgIpc) is 2.40. The van der Waals surface area contributed by atoms with Crippen LogP contribution in [-0.4, -0.2) is 32.4 Å². The highest BCUT2D eigenvalue weighted by molar-refractivity contribution is 7.88. The minimum absolute atomic E-state index is 0.0484. The van der Waals surface area contributed by atoms with E-state index >= 15 is 0 Å². The molecule has 0 aliphatic carbocycles. The van der Waals surface area contributed by atoms with Crippen molar-refractivity contribution in [1.29, 1.82) is 0 Å². The molecule has 1 N–H and O–H groups in total. The Kier molecular flexibility index (Phi) is 5.74. The van der Waals surface area contributed by atoms with Crippen LogP contribution in [0.1, 0.15) is 38.3 Å². The van der Waals surface area contributed by atoms with Gasteiger partial charge in [0.25, 0.3) is 0 Å². The molecule has 1 aromatic carbocycles. The molecule has 0 saturated heterocycles. The second-order valence-corrected chi connectivity index (χ2v) is 7.74. The van der Waals surface area contributed by atoms with Crippen LogP contribution >= 0.6 is 0 Å². The van der Waals surface area contributed by atoms with Gasteiger partial charge in [-0.1, -0.05) is 31.2 Å². The van der Waals surface area contributed by atoms with E-state index < -0.39 is 10.0 Å². The summed E-state index contributed by atoms with van der Waals surface area (Å²) < 4.78 is 26.3. The highest BCUT2D eigenvalue weighted by atomic mass is 32.2. The van der Waals surface area contributed by atoms with E-state index in [2.05, 4.69) is 5.32 Å². The van der Waals surface area contributed by atoms with Gasteiger partial charge < -0.3 is 5.32 Å². The fraction of sp³-hybridized carbons (Fsp3) is 0.600. The van der Waals surface area contributed by atoms with Crippen LogP contribution in [0.4, 0.5) is 0 Å². The highest BCUT2D eigenvalue weighted by Crippen LogP contribution is 2.22. The third-order valence-corrected chi connectivity index (χ3v) is 5.91. The van der Waals surface area contributed by atoms with Crippen LogP contribution in [0.3, 0.4) is 0 Å². The van der Waals surface area contributed by atoms with Crippen molar-refractivity contribution in [3.8, 4) is 0 Å². The molecule has 0 saturated carbocycles. The Labute approximate surface area is 123 Å². The third kappa shape index (κ3) is 4.30. The Balaban J connectivity index is 2.86. The molecule has 114 valence electrons. The van der Waals surface area contributed by atoms with Crippen molar-refractivity contribution < 1.29 is 8.42 Å². The number of hydrogen-bond acceptors (Lipinski definition) is 3. The van der Waals surface area contributed by atoms with E-state index in [1.54, 1.807) is 7.05 Å². The third-order valence-electron chi connectivity index (χ3n) is 3.89. The molecule has 0 bridgehead atoms. The second-order valence-electron chi connectivity index (χ2n) is 5.74. The molecule has 0 unspecified atom stereocenters. The van der Waals surface area contributed by atoms with Crippen molar-refractivity contribution in [2.45, 2.75) is 45.0 Å². The number of hydrogen-bond donors (Lipinski definition) is 1. The fourth-order valence-corrected chi connectivity index (χ4v) is 3.55. The van der Waals surface area contributed by atoms with Crippen molar-refractivity contribution in [1.82, 2.24) is 9.62 Å². The van der Waals surface area contributed by atoms with Gasteiger partial charge in [0.05, 0.1) is 5.75 Å². The molecule has 0 radical (unpaired) electrons. The molecule has 0 heterocycles. The van der Waals surface area contributed by atoms with Crippen LogP contribution in [0.25, 0.3) is 0 Å². The average molecular weight is 298 g/mol. The van der Waals surface area contributed by atoms with Crippen LogP contribution in [0.5, 0.6) is 0 Å². The maximum Gasteiger partial charge on any atom is 0.218 e. The number of rotatable bonds is 7. The first kappa shape index (κ1) is 17.1. The monoisotopic (exact) mass is 298 g/mol. The van der Waals surface area contributed by atoms with Crippen molar-refractivity contribution in [3.63, 3.8) is 0 Å². The molecule has 0 atom stereocenters. The molecular formula is C15H26N2O2S. The van der Waals surface area contributed by atoms with Crippen LogP contribution in [0.2, 0.25) is 0 Å². The van der Waals surface area contributed by atoms with Gasteiger partial charge in [0.2, 0.25) is 10.0 Å². The number of benzene rings is 1. The molecule has 20 heavy (non-hydrogen) atoms. The number of sulfonamides is 1. The van der Waals surface area contributed by atoms with Crippen LogP contribution < -0.4 is 5.32 Å². The Morgan fingerprint density at radius 3 is 2.10 bits per heavy atom. The summed E-state index contributed by atoms with van der Waals surface area (Å²) in [6.45, 7) is 6.68. The summed E-state index contributed by atoms with van der Waals surface area (Å²) in [4.78, 5) is 0. The van der Waals surface area contributed by atoms with E-state index in [9.17, 15) is 8.42 Å². The largest absolute Gasteiger partial charge is 0.316 e. The van der Waals surface area contributed by atoms with Gasteiger partial charge in [0.1, 0.15) is 0 Å². The molecular weight excluding hydrogens is 272 g/mol. The summed E-state index contributed by atoms with van der Waals surface area (Å²) in [6, 6.07) is 7.70. The summed E-state index contributed by atoms with van der Waals surface area (Å²) >= 11 is 0. The maximum atomic E-state index is 12.4. The normalized spacial score (nSPS) is 12.9. The Hall–Kier alpha value is -0.910. The molecule has 0 amide bonds. The van der Waals surface area contributed by atoms with Gasteiger partial charge in [-0.3, -0.25) is 0 Å². The summed E-state index contributed by atoms with van der Waals surface area (Å²) in [5, 5.41) is 3.07. The molecule has 5 heteroatoms. The lowest BCUT2D eigenvalue weighted by molar-refractivity contribution is 0.257. The first-order chi connectivity index (χ1) is 9.23. The van der Waals surface area contributed by atoms with Gasteiger partial charge in [0, 0.05) is 19.1 Å². The maximum absolute atomic E-state index is 12.4. The zero-order valence-corrected chi connectivity index (χ0v) is 13.9. The minimum Gasteiger partial charge on any atom is -0.316 e. The van der Waals surface area contributed by atoms with Gasteiger partial charge in [0.15, 0.2) is 0 Å². The van der Waals surface area contributed by atoms with E-state index in [4.69, 9.17) is 0 Å². The highest BCUT2D eigenvalue weighted by Gasteiger charge is 2.31. The van der Waals surface area contributed by atoms with Gasteiger partial charge in [-0.25, -0.2) is 8.42 Å². The SMILES string of the molecule is CCC(C)(C)N(C)S(=O)(=O)Cc1ccc(CNC)cc1. The summed E-state index contributed by atoms with van der Waals surface area (Å²) in [5.74, 6) is 0.0484. The summed E-state index contributed by atoms with van der Waals surface area (Å²) in [7, 11) is 0.259. The zero-order valence-electron chi connectivity index (χ0n) is 13.1. The molecule has 1 rings (SSSR count). The first-order valence-corrected chi connectivity index (χ1v) is 8.53. The molecule has 4 nitrogen and oxygen atoms in total. The van der Waals surface area contributed by atoms with Crippen molar-refractivity contribution in [3.05, 3.63) is 35.4 Å². The van der Waals surface area contributed by atoms with Gasteiger partial charge in [-0.15, -0.1) is 0 Å². The number of nitrogens with zero attached hydrogens (tertiary/aromatic N) is 1. The molecule has 0 fully saturated rings. The Bertz CT molecular complexity index is 521. The summed E-state index contributed by atoms with van der Waals surface area (Å²) in [6.07, 6.45) is 0.782. The van der Waals surface area contributed by atoms with E-state index in [1.807, 2.05) is 52.1 Å². The smallest absolute Gasteiger partial charge is 0.218 e. The lowest BCUT2D eigenvalue weighted by Gasteiger charge is -2.33. The molecule has 1 aromatic rings. The lowest BCUT2D eigenvalue weighted by atomic mass is 10.0. The predicted octanol–water partition coefficient (Wildman–Crippen LogP) is 2.36. The van der Waals surface area contributed by atoms with Crippen LogP contribution in [0.15, 0.2) is 24.3 Å². The minimum atomic E-state index is -3.29. The second kappa shape index (κ2) is 6.70. The first-order valence-electron chi connectivity index (χ1n) is 6.92. The zero-order chi connectivity index (χ0) is 15.4. The van der Waals surface area contributed by atoms with E-state index in [0.29, 0.717) is 0 Å². The Morgan fingerprint density at radius 2 is 1.65 bits per heavy atom. The predicted molar refractivity (Wildman–Crippen MR) is 84.0 cm³/mol. The molecule has 0 aliphatic rings. The molecule has 0 aliphatic heterocycles. The van der Waals surface area contributed by atoms with Crippen molar-refractivity contribution >= 4 is 10.0 Å². The summed E-state index contributed by atoms with van der Waals surface area (Å²) in [5.41, 5.74) is 1.62. The van der Waals surface area contributed by atoms with Gasteiger partial charge in [-0.05, 0) is 38.4 Å². The van der Waals surface area contributed by atoms with Crippen LogP contribution in [-0.2, 0) is 22.3 Å². The van der Waals surface area contributed by atoms with Gasteiger partial charge in [-0.2, -0.15) is 4.31 Å².